The predicted molar refractivity (Wildman–Crippen MR) is 144 cm³/mol. The molecular weight excluding hydrogens is 456 g/mol. The lowest BCUT2D eigenvalue weighted by atomic mass is 10.1. The Morgan fingerprint density at radius 2 is 1.46 bits per heavy atom. The van der Waals surface area contributed by atoms with Gasteiger partial charge in [-0.3, -0.25) is 10.1 Å². The molecule has 0 atom stereocenters. The third kappa shape index (κ3) is 4.50. The zero-order chi connectivity index (χ0) is 24.4. The molecule has 35 heavy (non-hydrogen) atoms. The second-order valence-corrected chi connectivity index (χ2v) is 8.87. The summed E-state index contributed by atoms with van der Waals surface area (Å²) in [5.74, 6) is 0.258. The molecule has 7 heteroatoms. The number of rotatable bonds is 6. The second kappa shape index (κ2) is 9.64. The summed E-state index contributed by atoms with van der Waals surface area (Å²) in [6.45, 7) is 3.00. The number of nitrogens with zero attached hydrogens (tertiary/aromatic N) is 1. The van der Waals surface area contributed by atoms with Crippen molar-refractivity contribution in [2.24, 2.45) is 0 Å². The van der Waals surface area contributed by atoms with Crippen LogP contribution in [-0.4, -0.2) is 33.0 Å². The summed E-state index contributed by atoms with van der Waals surface area (Å²) in [5, 5.41) is 5.57. The Bertz CT molecular complexity index is 1460. The number of thiocarbonyl (C=S) groups is 1. The van der Waals surface area contributed by atoms with Gasteiger partial charge in [-0.1, -0.05) is 36.4 Å². The number of para-hydroxylation sites is 1. The quantitative estimate of drug-likeness (QED) is 0.272. The monoisotopic (exact) mass is 482 g/mol. The number of carbonyl (C=O) groups is 1. The van der Waals surface area contributed by atoms with Crippen LogP contribution in [0, 0.1) is 6.92 Å². The van der Waals surface area contributed by atoms with Crippen LogP contribution in [-0.2, 0) is 13.1 Å². The molecule has 0 bridgehead atoms. The average molecular weight is 483 g/mol. The van der Waals surface area contributed by atoms with Crippen molar-refractivity contribution in [3.8, 4) is 5.75 Å². The molecule has 0 aliphatic carbocycles. The third-order valence-electron chi connectivity index (χ3n) is 6.26. The van der Waals surface area contributed by atoms with Crippen molar-refractivity contribution in [1.82, 2.24) is 20.2 Å². The van der Waals surface area contributed by atoms with Gasteiger partial charge in [-0.2, -0.15) is 0 Å². The van der Waals surface area contributed by atoms with E-state index in [1.165, 1.54) is 0 Å². The molecule has 0 spiro atoms. The molecule has 3 aromatic carbocycles. The van der Waals surface area contributed by atoms with Crippen molar-refractivity contribution in [2.45, 2.75) is 20.0 Å². The van der Waals surface area contributed by atoms with E-state index in [1.54, 1.807) is 13.2 Å². The topological polar surface area (TPSA) is 73.2 Å². The van der Waals surface area contributed by atoms with Crippen LogP contribution in [0.1, 0.15) is 27.0 Å². The van der Waals surface area contributed by atoms with Gasteiger partial charge in [-0.25, -0.2) is 0 Å². The van der Waals surface area contributed by atoms with E-state index in [4.69, 9.17) is 17.0 Å². The fourth-order valence-electron chi connectivity index (χ4n) is 4.53. The number of aromatic nitrogens is 2. The molecule has 0 saturated heterocycles. The number of aromatic amines is 2. The lowest BCUT2D eigenvalue weighted by Gasteiger charge is -2.26. The SMILES string of the molecule is COc1c(C)cccc1C(=O)NC(=S)N(Cc1cccc2[nH]ccc12)Cc1cccc2[nH]ccc12. The van der Waals surface area contributed by atoms with Crippen LogP contribution in [0.2, 0.25) is 0 Å². The summed E-state index contributed by atoms with van der Waals surface area (Å²) < 4.78 is 5.48. The maximum Gasteiger partial charge on any atom is 0.261 e. The van der Waals surface area contributed by atoms with Gasteiger partial charge in [-0.15, -0.1) is 0 Å². The van der Waals surface area contributed by atoms with Gasteiger partial charge >= 0.3 is 0 Å². The highest BCUT2D eigenvalue weighted by Gasteiger charge is 2.20. The number of ether oxygens (including phenoxy) is 1. The van der Waals surface area contributed by atoms with E-state index in [1.807, 2.05) is 60.6 Å². The summed E-state index contributed by atoms with van der Waals surface area (Å²) in [5.41, 5.74) is 5.71. The average Bonchev–Trinajstić information content (AvgIpc) is 3.54. The number of fused-ring (bicyclic) bond motifs is 2. The van der Waals surface area contributed by atoms with Gasteiger partial charge < -0.3 is 19.6 Å². The van der Waals surface area contributed by atoms with E-state index >= 15 is 0 Å². The zero-order valence-electron chi connectivity index (χ0n) is 19.6. The van der Waals surface area contributed by atoms with Crippen LogP contribution < -0.4 is 10.1 Å². The standard InChI is InChI=1S/C28H26N4O2S/c1-18-6-3-9-23(26(18)34-2)27(33)31-28(35)32(16-19-7-4-10-24-21(19)12-14-29-24)17-20-8-5-11-25-22(20)13-15-30-25/h3-15,29-30H,16-17H2,1-2H3,(H,31,33,35). The Kier molecular flexibility index (Phi) is 6.25. The van der Waals surface area contributed by atoms with Crippen molar-refractivity contribution >= 4 is 45.0 Å². The molecule has 2 heterocycles. The van der Waals surface area contributed by atoms with Gasteiger partial charge in [0.25, 0.3) is 5.91 Å². The zero-order valence-corrected chi connectivity index (χ0v) is 20.4. The molecule has 5 aromatic rings. The minimum absolute atomic E-state index is 0.291. The number of hydrogen-bond acceptors (Lipinski definition) is 3. The normalized spacial score (nSPS) is 11.0. The summed E-state index contributed by atoms with van der Waals surface area (Å²) in [6, 6.07) is 22.0. The highest BCUT2D eigenvalue weighted by Crippen LogP contribution is 2.25. The first kappa shape index (κ1) is 22.7. The predicted octanol–water partition coefficient (Wildman–Crippen LogP) is 5.68. The Morgan fingerprint density at radius 3 is 2.03 bits per heavy atom. The van der Waals surface area contributed by atoms with Crippen molar-refractivity contribution in [3.63, 3.8) is 0 Å². The summed E-state index contributed by atoms with van der Waals surface area (Å²) >= 11 is 5.80. The fourth-order valence-corrected chi connectivity index (χ4v) is 4.76. The van der Waals surface area contributed by atoms with Gasteiger partial charge in [0.2, 0.25) is 0 Å². The highest BCUT2D eigenvalue weighted by atomic mass is 32.1. The second-order valence-electron chi connectivity index (χ2n) is 8.48. The molecule has 0 fully saturated rings. The summed E-state index contributed by atoms with van der Waals surface area (Å²) in [6.07, 6.45) is 3.87. The molecule has 0 unspecified atom stereocenters. The molecular formula is C28H26N4O2S. The first-order valence-corrected chi connectivity index (χ1v) is 11.8. The van der Waals surface area contributed by atoms with E-state index < -0.39 is 0 Å². The van der Waals surface area contributed by atoms with Crippen LogP contribution in [0.25, 0.3) is 21.8 Å². The van der Waals surface area contributed by atoms with E-state index in [0.29, 0.717) is 29.5 Å². The van der Waals surface area contributed by atoms with Crippen LogP contribution in [0.5, 0.6) is 5.75 Å². The minimum atomic E-state index is -0.291. The molecule has 0 aliphatic heterocycles. The number of aryl methyl sites for hydroxylation is 1. The Balaban J connectivity index is 1.47. The fraction of sp³-hybridized carbons (Fsp3) is 0.143. The Labute approximate surface area is 208 Å². The number of methoxy groups -OCH3 is 1. The number of nitrogens with one attached hydrogen (secondary N) is 3. The minimum Gasteiger partial charge on any atom is -0.496 e. The van der Waals surface area contributed by atoms with Crippen LogP contribution in [0.4, 0.5) is 0 Å². The number of benzene rings is 3. The Hall–Kier alpha value is -4.10. The van der Waals surface area contributed by atoms with E-state index in [2.05, 4.69) is 39.6 Å². The third-order valence-corrected chi connectivity index (χ3v) is 6.62. The van der Waals surface area contributed by atoms with Crippen molar-refractivity contribution < 1.29 is 9.53 Å². The summed E-state index contributed by atoms with van der Waals surface area (Å²) in [4.78, 5) is 21.8. The molecule has 2 aromatic heterocycles. The van der Waals surface area contributed by atoms with Crippen molar-refractivity contribution in [2.75, 3.05) is 7.11 Å². The molecule has 5 rings (SSSR count). The summed E-state index contributed by atoms with van der Waals surface area (Å²) in [7, 11) is 1.57. The maximum absolute atomic E-state index is 13.2. The number of carbonyl (C=O) groups excluding carboxylic acids is 1. The highest BCUT2D eigenvalue weighted by molar-refractivity contribution is 7.80. The molecule has 0 aliphatic rings. The largest absolute Gasteiger partial charge is 0.496 e. The van der Waals surface area contributed by atoms with Crippen molar-refractivity contribution in [3.05, 3.63) is 101 Å². The van der Waals surface area contributed by atoms with Crippen molar-refractivity contribution in [1.29, 1.82) is 0 Å². The number of amides is 1. The van der Waals surface area contributed by atoms with E-state index in [0.717, 1.165) is 38.5 Å². The first-order chi connectivity index (χ1) is 17.0. The molecule has 1 amide bonds. The Morgan fingerprint density at radius 1 is 0.886 bits per heavy atom. The van der Waals surface area contributed by atoms with E-state index in [9.17, 15) is 4.79 Å². The smallest absolute Gasteiger partial charge is 0.261 e. The van der Waals surface area contributed by atoms with Crippen LogP contribution in [0.15, 0.2) is 79.1 Å². The van der Waals surface area contributed by atoms with Gasteiger partial charge in [0.15, 0.2) is 5.11 Å². The van der Waals surface area contributed by atoms with Crippen LogP contribution >= 0.6 is 12.2 Å². The lowest BCUT2D eigenvalue weighted by molar-refractivity contribution is 0.0969. The molecule has 0 saturated carbocycles. The molecule has 0 radical (unpaired) electrons. The first-order valence-electron chi connectivity index (χ1n) is 11.4. The van der Waals surface area contributed by atoms with Gasteiger partial charge in [-0.05, 0) is 66.2 Å². The van der Waals surface area contributed by atoms with Gasteiger partial charge in [0.05, 0.1) is 12.7 Å². The van der Waals surface area contributed by atoms with E-state index in [-0.39, 0.29) is 5.91 Å². The molecule has 6 nitrogen and oxygen atoms in total. The van der Waals surface area contributed by atoms with Crippen LogP contribution in [0.3, 0.4) is 0 Å². The number of hydrogen-bond donors (Lipinski definition) is 3. The van der Waals surface area contributed by atoms with Gasteiger partial charge in [0.1, 0.15) is 5.75 Å². The number of H-pyrrole nitrogens is 2. The van der Waals surface area contributed by atoms with Gasteiger partial charge in [0, 0.05) is 47.3 Å². The lowest BCUT2D eigenvalue weighted by Crippen LogP contribution is -2.42. The maximum atomic E-state index is 13.2. The molecule has 176 valence electrons. The molecule has 3 N–H and O–H groups in total.